The van der Waals surface area contributed by atoms with Gasteiger partial charge in [0.15, 0.2) is 0 Å². The van der Waals surface area contributed by atoms with Crippen molar-refractivity contribution in [3.8, 4) is 22.5 Å². The minimum atomic E-state index is -0.132. The van der Waals surface area contributed by atoms with Gasteiger partial charge in [-0.15, -0.1) is 11.3 Å². The fourth-order valence-corrected chi connectivity index (χ4v) is 4.63. The Kier molecular flexibility index (Phi) is 4.47. The van der Waals surface area contributed by atoms with E-state index in [4.69, 9.17) is 16.6 Å². The van der Waals surface area contributed by atoms with Gasteiger partial charge in [0.05, 0.1) is 5.39 Å². The molecule has 0 radical (unpaired) electrons. The third kappa shape index (κ3) is 3.00. The third-order valence-corrected chi connectivity index (χ3v) is 6.19. The van der Waals surface area contributed by atoms with Crippen molar-refractivity contribution in [1.29, 1.82) is 0 Å². The molecule has 2 aromatic heterocycles. The van der Waals surface area contributed by atoms with E-state index in [-0.39, 0.29) is 5.56 Å². The Hall–Kier alpha value is -1.95. The Labute approximate surface area is 167 Å². The van der Waals surface area contributed by atoms with Crippen molar-refractivity contribution in [1.82, 2.24) is 9.97 Å². The number of hydrogen-bond donors (Lipinski definition) is 1. The topological polar surface area (TPSA) is 45.8 Å². The van der Waals surface area contributed by atoms with E-state index >= 15 is 0 Å². The number of fused-ring (bicyclic) bond motifs is 1. The second-order valence-electron chi connectivity index (χ2n) is 6.12. The number of H-pyrrole nitrogens is 1. The van der Waals surface area contributed by atoms with E-state index in [0.29, 0.717) is 16.2 Å². The van der Waals surface area contributed by atoms with E-state index < -0.39 is 0 Å². The minimum Gasteiger partial charge on any atom is -0.306 e. The van der Waals surface area contributed by atoms with Crippen LogP contribution < -0.4 is 5.56 Å². The second kappa shape index (κ2) is 6.65. The van der Waals surface area contributed by atoms with Gasteiger partial charge in [0, 0.05) is 25.5 Å². The summed E-state index contributed by atoms with van der Waals surface area (Å²) in [6.45, 7) is 4.07. The van der Waals surface area contributed by atoms with E-state index in [2.05, 4.69) is 27.0 Å². The molecule has 0 aliphatic heterocycles. The van der Waals surface area contributed by atoms with Gasteiger partial charge in [-0.3, -0.25) is 4.79 Å². The predicted molar refractivity (Wildman–Crippen MR) is 113 cm³/mol. The number of rotatable bonds is 2. The summed E-state index contributed by atoms with van der Waals surface area (Å²) >= 11 is 11.1. The molecule has 0 fully saturated rings. The molecule has 0 unspecified atom stereocenters. The van der Waals surface area contributed by atoms with Crippen LogP contribution in [-0.4, -0.2) is 9.97 Å². The molecule has 4 rings (SSSR count). The van der Waals surface area contributed by atoms with Gasteiger partial charge in [-0.25, -0.2) is 4.98 Å². The normalized spacial score (nSPS) is 11.2. The lowest BCUT2D eigenvalue weighted by molar-refractivity contribution is 1.19. The highest BCUT2D eigenvalue weighted by Crippen LogP contribution is 2.39. The van der Waals surface area contributed by atoms with Crippen LogP contribution in [0.15, 0.2) is 51.7 Å². The van der Waals surface area contributed by atoms with Gasteiger partial charge < -0.3 is 4.98 Å². The van der Waals surface area contributed by atoms with Crippen LogP contribution in [0.25, 0.3) is 32.7 Å². The standard InChI is InChI=1S/C20H14BrClN2OS/c1-10-3-8-15(21)14(9-10)16-11(2)26-20-17(16)19(25)23-18(24-20)12-4-6-13(22)7-5-12/h3-9H,1-2H3,(H,23,24,25). The molecule has 6 heteroatoms. The Bertz CT molecular complexity index is 1200. The number of aromatic amines is 1. The Morgan fingerprint density at radius 2 is 1.85 bits per heavy atom. The maximum atomic E-state index is 12.9. The Morgan fingerprint density at radius 1 is 1.12 bits per heavy atom. The summed E-state index contributed by atoms with van der Waals surface area (Å²) in [4.78, 5) is 22.3. The molecule has 0 saturated carbocycles. The molecule has 3 nitrogen and oxygen atoms in total. The maximum Gasteiger partial charge on any atom is 0.260 e. The molecule has 4 aromatic rings. The van der Waals surface area contributed by atoms with E-state index in [9.17, 15) is 4.79 Å². The second-order valence-corrected chi connectivity index (χ2v) is 8.61. The van der Waals surface area contributed by atoms with Crippen molar-refractivity contribution in [2.24, 2.45) is 0 Å². The van der Waals surface area contributed by atoms with Gasteiger partial charge in [-0.1, -0.05) is 45.2 Å². The highest BCUT2D eigenvalue weighted by atomic mass is 79.9. The van der Waals surface area contributed by atoms with Crippen molar-refractivity contribution >= 4 is 49.1 Å². The largest absolute Gasteiger partial charge is 0.306 e. The molecule has 26 heavy (non-hydrogen) atoms. The smallest absolute Gasteiger partial charge is 0.260 e. The number of thiophene rings is 1. The number of aromatic nitrogens is 2. The quantitative estimate of drug-likeness (QED) is 0.390. The zero-order valence-corrected chi connectivity index (χ0v) is 17.2. The van der Waals surface area contributed by atoms with Crippen LogP contribution in [0.3, 0.4) is 0 Å². The van der Waals surface area contributed by atoms with Crippen LogP contribution >= 0.6 is 38.9 Å². The molecule has 0 saturated heterocycles. The lowest BCUT2D eigenvalue weighted by atomic mass is 10.0. The molecule has 2 heterocycles. The minimum absolute atomic E-state index is 0.132. The molecule has 130 valence electrons. The fraction of sp³-hybridized carbons (Fsp3) is 0.100. The zero-order chi connectivity index (χ0) is 18.4. The monoisotopic (exact) mass is 444 g/mol. The van der Waals surface area contributed by atoms with E-state index in [1.54, 1.807) is 12.1 Å². The summed E-state index contributed by atoms with van der Waals surface area (Å²) in [7, 11) is 0. The van der Waals surface area contributed by atoms with Gasteiger partial charge in [0.2, 0.25) is 0 Å². The molecule has 0 atom stereocenters. The average molecular weight is 446 g/mol. The third-order valence-electron chi connectivity index (χ3n) is 4.25. The van der Waals surface area contributed by atoms with Crippen molar-refractivity contribution in [2.45, 2.75) is 13.8 Å². The molecule has 1 N–H and O–H groups in total. The summed E-state index contributed by atoms with van der Waals surface area (Å²) in [5.41, 5.74) is 3.80. The lowest BCUT2D eigenvalue weighted by Crippen LogP contribution is -2.09. The Morgan fingerprint density at radius 3 is 2.58 bits per heavy atom. The predicted octanol–water partition coefficient (Wildman–Crippen LogP) is 6.35. The summed E-state index contributed by atoms with van der Waals surface area (Å²) in [5.74, 6) is 0.551. The van der Waals surface area contributed by atoms with E-state index in [1.165, 1.54) is 11.3 Å². The molecular weight excluding hydrogens is 432 g/mol. The SMILES string of the molecule is Cc1ccc(Br)c(-c2c(C)sc3nc(-c4ccc(Cl)cc4)[nH]c(=O)c23)c1. The van der Waals surface area contributed by atoms with Crippen LogP contribution in [-0.2, 0) is 0 Å². The van der Waals surface area contributed by atoms with Gasteiger partial charge in [0.25, 0.3) is 5.56 Å². The maximum absolute atomic E-state index is 12.9. The number of halogens is 2. The Balaban J connectivity index is 1.98. The van der Waals surface area contributed by atoms with Crippen molar-refractivity contribution < 1.29 is 0 Å². The molecule has 0 amide bonds. The first kappa shape index (κ1) is 17.5. The van der Waals surface area contributed by atoms with Gasteiger partial charge in [-0.2, -0.15) is 0 Å². The first-order valence-electron chi connectivity index (χ1n) is 8.00. The van der Waals surface area contributed by atoms with E-state index in [1.807, 2.05) is 38.1 Å². The molecule has 0 aliphatic carbocycles. The van der Waals surface area contributed by atoms with Crippen LogP contribution in [0.2, 0.25) is 5.02 Å². The number of aryl methyl sites for hydroxylation is 2. The van der Waals surface area contributed by atoms with Crippen molar-refractivity contribution in [3.63, 3.8) is 0 Å². The van der Waals surface area contributed by atoms with Gasteiger partial charge in [0.1, 0.15) is 10.7 Å². The number of hydrogen-bond acceptors (Lipinski definition) is 3. The van der Waals surface area contributed by atoms with Crippen molar-refractivity contribution in [2.75, 3.05) is 0 Å². The van der Waals surface area contributed by atoms with Gasteiger partial charge >= 0.3 is 0 Å². The lowest BCUT2D eigenvalue weighted by Gasteiger charge is -2.07. The summed E-state index contributed by atoms with van der Waals surface area (Å²) in [6.07, 6.45) is 0. The molecule has 0 bridgehead atoms. The van der Waals surface area contributed by atoms with Crippen LogP contribution in [0.1, 0.15) is 10.4 Å². The van der Waals surface area contributed by atoms with E-state index in [0.717, 1.165) is 36.4 Å². The summed E-state index contributed by atoms with van der Waals surface area (Å²) in [5, 5.41) is 1.28. The fourth-order valence-electron chi connectivity index (χ4n) is 3.02. The number of benzene rings is 2. The van der Waals surface area contributed by atoms with Crippen molar-refractivity contribution in [3.05, 3.63) is 72.8 Å². The average Bonchev–Trinajstić information content (AvgIpc) is 2.94. The molecule has 2 aromatic carbocycles. The van der Waals surface area contributed by atoms with Crippen LogP contribution in [0, 0.1) is 13.8 Å². The summed E-state index contributed by atoms with van der Waals surface area (Å²) in [6, 6.07) is 13.4. The highest BCUT2D eigenvalue weighted by molar-refractivity contribution is 9.10. The molecular formula is C20H14BrClN2OS. The number of nitrogens with one attached hydrogen (secondary N) is 1. The highest BCUT2D eigenvalue weighted by Gasteiger charge is 2.19. The molecule has 0 aliphatic rings. The van der Waals surface area contributed by atoms with Crippen LogP contribution in [0.4, 0.5) is 0 Å². The summed E-state index contributed by atoms with van der Waals surface area (Å²) < 4.78 is 0.965. The van der Waals surface area contributed by atoms with Crippen LogP contribution in [0.5, 0.6) is 0 Å². The first-order valence-corrected chi connectivity index (χ1v) is 9.98. The first-order chi connectivity index (χ1) is 12.4. The molecule has 0 spiro atoms. The zero-order valence-electron chi connectivity index (χ0n) is 14.1. The number of nitrogens with zero attached hydrogens (tertiary/aromatic N) is 1. The van der Waals surface area contributed by atoms with Gasteiger partial charge in [-0.05, 0) is 49.7 Å².